The lowest BCUT2D eigenvalue weighted by Crippen LogP contribution is -2.28. The van der Waals surface area contributed by atoms with Gasteiger partial charge in [0.15, 0.2) is 0 Å². The molecule has 0 bridgehead atoms. The first-order valence-electron chi connectivity index (χ1n) is 6.09. The topological polar surface area (TPSA) is 29.9 Å². The fourth-order valence-electron chi connectivity index (χ4n) is 2.53. The molecule has 0 saturated carbocycles. The van der Waals surface area contributed by atoms with Gasteiger partial charge < -0.3 is 5.32 Å². The average molecular weight is 227 g/mol. The normalized spacial score (nSPS) is 15.1. The fraction of sp³-hybridized carbons (Fsp3) is 0.357. The minimum absolute atomic E-state index is 0.576. The molecule has 88 valence electrons. The maximum Gasteiger partial charge on any atom is 0.0534 e. The summed E-state index contributed by atoms with van der Waals surface area (Å²) in [6, 6.07) is 9.31. The van der Waals surface area contributed by atoms with E-state index < -0.39 is 0 Å². The third-order valence-electron chi connectivity index (χ3n) is 3.40. The zero-order valence-electron chi connectivity index (χ0n) is 10.1. The lowest BCUT2D eigenvalue weighted by atomic mass is 10.1. The first-order valence-corrected chi connectivity index (χ1v) is 6.09. The summed E-state index contributed by atoms with van der Waals surface area (Å²) in [5.74, 6) is 0. The van der Waals surface area contributed by atoms with Crippen LogP contribution >= 0.6 is 0 Å². The van der Waals surface area contributed by atoms with Crippen molar-refractivity contribution in [3.8, 4) is 0 Å². The van der Waals surface area contributed by atoms with E-state index in [1.165, 1.54) is 16.7 Å². The Kier molecular flexibility index (Phi) is 2.69. The number of fused-ring (bicyclic) bond motifs is 1. The van der Waals surface area contributed by atoms with E-state index in [0.29, 0.717) is 6.04 Å². The van der Waals surface area contributed by atoms with Gasteiger partial charge in [-0.3, -0.25) is 4.68 Å². The van der Waals surface area contributed by atoms with Crippen molar-refractivity contribution in [2.75, 3.05) is 0 Å². The lowest BCUT2D eigenvalue weighted by Gasteiger charge is -2.10. The molecule has 3 nitrogen and oxygen atoms in total. The molecule has 1 aliphatic rings. The van der Waals surface area contributed by atoms with Gasteiger partial charge in [-0.15, -0.1) is 0 Å². The molecule has 2 aromatic rings. The number of benzene rings is 1. The molecule has 0 fully saturated rings. The second kappa shape index (κ2) is 4.34. The van der Waals surface area contributed by atoms with Crippen LogP contribution in [-0.4, -0.2) is 15.8 Å². The van der Waals surface area contributed by atoms with Gasteiger partial charge in [-0.1, -0.05) is 24.3 Å². The lowest BCUT2D eigenvalue weighted by molar-refractivity contribution is 0.532. The number of hydrogen-bond donors (Lipinski definition) is 1. The van der Waals surface area contributed by atoms with E-state index in [1.807, 2.05) is 17.9 Å². The highest BCUT2D eigenvalue weighted by Gasteiger charge is 2.20. The Morgan fingerprint density at radius 3 is 2.59 bits per heavy atom. The molecule has 0 radical (unpaired) electrons. The maximum absolute atomic E-state index is 4.18. The molecule has 1 aliphatic carbocycles. The van der Waals surface area contributed by atoms with Crippen molar-refractivity contribution in [1.82, 2.24) is 15.1 Å². The molecule has 1 heterocycles. The van der Waals surface area contributed by atoms with Crippen molar-refractivity contribution in [2.45, 2.75) is 25.4 Å². The third kappa shape index (κ3) is 2.24. The summed E-state index contributed by atoms with van der Waals surface area (Å²) >= 11 is 0. The summed E-state index contributed by atoms with van der Waals surface area (Å²) < 4.78 is 1.85. The van der Waals surface area contributed by atoms with Crippen molar-refractivity contribution in [3.05, 3.63) is 53.3 Å². The van der Waals surface area contributed by atoms with Crippen LogP contribution in [0.3, 0.4) is 0 Å². The Labute approximate surface area is 101 Å². The van der Waals surface area contributed by atoms with Gasteiger partial charge in [0.25, 0.3) is 0 Å². The summed E-state index contributed by atoms with van der Waals surface area (Å²) in [4.78, 5) is 0. The van der Waals surface area contributed by atoms with Crippen molar-refractivity contribution < 1.29 is 0 Å². The first kappa shape index (κ1) is 10.5. The van der Waals surface area contributed by atoms with Crippen LogP contribution < -0.4 is 5.32 Å². The molecule has 0 saturated heterocycles. The Balaban J connectivity index is 1.59. The number of nitrogens with one attached hydrogen (secondary N) is 1. The number of aryl methyl sites for hydroxylation is 1. The van der Waals surface area contributed by atoms with Gasteiger partial charge in [-0.25, -0.2) is 0 Å². The monoisotopic (exact) mass is 227 g/mol. The molecule has 17 heavy (non-hydrogen) atoms. The van der Waals surface area contributed by atoms with Crippen molar-refractivity contribution in [3.63, 3.8) is 0 Å². The highest BCUT2D eigenvalue weighted by atomic mass is 15.2. The molecular formula is C14H17N3. The second-order valence-electron chi connectivity index (χ2n) is 4.78. The predicted octanol–water partition coefficient (Wildman–Crippen LogP) is 1.68. The van der Waals surface area contributed by atoms with E-state index >= 15 is 0 Å². The largest absolute Gasteiger partial charge is 0.309 e. The zero-order valence-corrected chi connectivity index (χ0v) is 10.1. The maximum atomic E-state index is 4.18. The van der Waals surface area contributed by atoms with Crippen LogP contribution in [0.5, 0.6) is 0 Å². The van der Waals surface area contributed by atoms with E-state index in [0.717, 1.165) is 19.4 Å². The molecule has 0 spiro atoms. The van der Waals surface area contributed by atoms with Crippen LogP contribution in [0, 0.1) is 0 Å². The summed E-state index contributed by atoms with van der Waals surface area (Å²) in [6.45, 7) is 0.909. The van der Waals surface area contributed by atoms with Crippen molar-refractivity contribution in [1.29, 1.82) is 0 Å². The smallest absolute Gasteiger partial charge is 0.0534 e. The van der Waals surface area contributed by atoms with Crippen molar-refractivity contribution in [2.24, 2.45) is 7.05 Å². The zero-order chi connectivity index (χ0) is 11.7. The summed E-state index contributed by atoms with van der Waals surface area (Å²) in [5.41, 5.74) is 4.25. The van der Waals surface area contributed by atoms with Gasteiger partial charge in [-0.05, 0) is 24.0 Å². The molecule has 0 atom stereocenters. The number of rotatable bonds is 3. The van der Waals surface area contributed by atoms with E-state index in [1.54, 1.807) is 0 Å². The number of hydrogen-bond acceptors (Lipinski definition) is 2. The van der Waals surface area contributed by atoms with Crippen molar-refractivity contribution >= 4 is 0 Å². The van der Waals surface area contributed by atoms with Crippen LogP contribution in [0.4, 0.5) is 0 Å². The Morgan fingerprint density at radius 2 is 2.00 bits per heavy atom. The molecule has 1 aromatic heterocycles. The van der Waals surface area contributed by atoms with Gasteiger partial charge in [-0.2, -0.15) is 5.10 Å². The minimum atomic E-state index is 0.576. The molecule has 0 unspecified atom stereocenters. The number of nitrogens with zero attached hydrogens (tertiary/aromatic N) is 2. The van der Waals surface area contributed by atoms with Gasteiger partial charge in [0.05, 0.1) is 6.20 Å². The van der Waals surface area contributed by atoms with Gasteiger partial charge in [0.2, 0.25) is 0 Å². The second-order valence-corrected chi connectivity index (χ2v) is 4.78. The summed E-state index contributed by atoms with van der Waals surface area (Å²) in [7, 11) is 1.95. The molecule has 1 aromatic carbocycles. The highest BCUT2D eigenvalue weighted by molar-refractivity contribution is 5.33. The molecule has 0 amide bonds. The average Bonchev–Trinajstić information content (AvgIpc) is 2.91. The molecule has 3 rings (SSSR count). The van der Waals surface area contributed by atoms with Gasteiger partial charge >= 0.3 is 0 Å². The quantitative estimate of drug-likeness (QED) is 0.864. The van der Waals surface area contributed by atoms with Gasteiger partial charge in [0.1, 0.15) is 0 Å². The Hall–Kier alpha value is -1.61. The van der Waals surface area contributed by atoms with E-state index in [4.69, 9.17) is 0 Å². The summed E-state index contributed by atoms with van der Waals surface area (Å²) in [5, 5.41) is 7.78. The molecule has 1 N–H and O–H groups in total. The van der Waals surface area contributed by atoms with E-state index in [-0.39, 0.29) is 0 Å². The van der Waals surface area contributed by atoms with E-state index in [2.05, 4.69) is 40.9 Å². The standard InChI is InChI=1S/C14H17N3/c1-17-10-11(9-16-17)8-15-14-6-12-4-2-3-5-13(12)7-14/h2-5,9-10,14-15H,6-8H2,1H3. The predicted molar refractivity (Wildman–Crippen MR) is 67.7 cm³/mol. The van der Waals surface area contributed by atoms with E-state index in [9.17, 15) is 0 Å². The SMILES string of the molecule is Cn1cc(CNC2Cc3ccccc3C2)cn1. The molecule has 3 heteroatoms. The number of aromatic nitrogens is 2. The highest BCUT2D eigenvalue weighted by Crippen LogP contribution is 2.21. The third-order valence-corrected chi connectivity index (χ3v) is 3.40. The van der Waals surface area contributed by atoms with Crippen LogP contribution in [0.15, 0.2) is 36.7 Å². The fourth-order valence-corrected chi connectivity index (χ4v) is 2.53. The Bertz CT molecular complexity index is 491. The molecule has 0 aliphatic heterocycles. The van der Waals surface area contributed by atoms with Crippen LogP contribution in [0.2, 0.25) is 0 Å². The minimum Gasteiger partial charge on any atom is -0.309 e. The first-order chi connectivity index (χ1) is 8.31. The van der Waals surface area contributed by atoms with Gasteiger partial charge in [0, 0.05) is 31.4 Å². The Morgan fingerprint density at radius 1 is 1.29 bits per heavy atom. The van der Waals surface area contributed by atoms with Crippen LogP contribution in [0.1, 0.15) is 16.7 Å². The summed E-state index contributed by atoms with van der Waals surface area (Å²) in [6.07, 6.45) is 6.29. The van der Waals surface area contributed by atoms with Crippen LogP contribution in [-0.2, 0) is 26.4 Å². The molecular weight excluding hydrogens is 210 g/mol. The van der Waals surface area contributed by atoms with Crippen LogP contribution in [0.25, 0.3) is 0 Å².